The van der Waals surface area contributed by atoms with E-state index in [4.69, 9.17) is 9.47 Å². The van der Waals surface area contributed by atoms with Crippen molar-refractivity contribution in [3.63, 3.8) is 0 Å². The average Bonchev–Trinajstić information content (AvgIpc) is 2.46. The van der Waals surface area contributed by atoms with Gasteiger partial charge in [0.05, 0.1) is 20.3 Å². The van der Waals surface area contributed by atoms with Crippen LogP contribution in [0.15, 0.2) is 18.2 Å². The molecule has 1 N–H and O–H groups in total. The lowest BCUT2D eigenvalue weighted by atomic mass is 9.78. The fourth-order valence-electron chi connectivity index (χ4n) is 2.93. The first kappa shape index (κ1) is 14.2. The van der Waals surface area contributed by atoms with E-state index in [0.29, 0.717) is 5.92 Å². The maximum absolute atomic E-state index is 10.6. The normalized spacial score (nSPS) is 24.8. The molecule has 0 saturated heterocycles. The van der Waals surface area contributed by atoms with E-state index >= 15 is 0 Å². The summed E-state index contributed by atoms with van der Waals surface area (Å²) in [5.74, 6) is 2.62. The van der Waals surface area contributed by atoms with Crippen molar-refractivity contribution in [3.05, 3.63) is 23.8 Å². The van der Waals surface area contributed by atoms with Gasteiger partial charge in [-0.15, -0.1) is 0 Å². The first-order valence-corrected chi connectivity index (χ1v) is 7.05. The molecule has 3 nitrogen and oxygen atoms in total. The highest BCUT2D eigenvalue weighted by molar-refractivity contribution is 5.41. The van der Waals surface area contributed by atoms with E-state index in [1.807, 2.05) is 18.2 Å². The van der Waals surface area contributed by atoms with Crippen LogP contribution in [0.5, 0.6) is 11.5 Å². The molecule has 1 unspecified atom stereocenters. The predicted octanol–water partition coefficient (Wildman–Crippen LogP) is 3.56. The van der Waals surface area contributed by atoms with Gasteiger partial charge in [0.1, 0.15) is 11.5 Å². The van der Waals surface area contributed by atoms with Gasteiger partial charge in [0.2, 0.25) is 0 Å². The van der Waals surface area contributed by atoms with Gasteiger partial charge in [-0.25, -0.2) is 0 Å². The summed E-state index contributed by atoms with van der Waals surface area (Å²) in [6, 6.07) is 5.61. The Morgan fingerprint density at radius 2 is 1.79 bits per heavy atom. The van der Waals surface area contributed by atoms with E-state index in [9.17, 15) is 5.11 Å². The number of ether oxygens (including phenoxy) is 2. The summed E-state index contributed by atoms with van der Waals surface area (Å²) < 4.78 is 10.6. The lowest BCUT2D eigenvalue weighted by Crippen LogP contribution is -2.19. The minimum atomic E-state index is -0.461. The van der Waals surface area contributed by atoms with Gasteiger partial charge in [-0.1, -0.05) is 19.8 Å². The van der Waals surface area contributed by atoms with Gasteiger partial charge in [0.25, 0.3) is 0 Å². The smallest absolute Gasteiger partial charge is 0.124 e. The Kier molecular flexibility index (Phi) is 4.70. The van der Waals surface area contributed by atoms with E-state index in [-0.39, 0.29) is 0 Å². The first-order valence-electron chi connectivity index (χ1n) is 7.05. The lowest BCUT2D eigenvalue weighted by Gasteiger charge is -2.30. The molecule has 0 heterocycles. The lowest BCUT2D eigenvalue weighted by molar-refractivity contribution is 0.0732. The molecule has 1 fully saturated rings. The molecule has 1 aliphatic rings. The summed E-state index contributed by atoms with van der Waals surface area (Å²) in [7, 11) is 3.28. The highest BCUT2D eigenvalue weighted by atomic mass is 16.5. The molecular formula is C16H24O3. The Labute approximate surface area is 115 Å². The second-order valence-electron chi connectivity index (χ2n) is 5.57. The summed E-state index contributed by atoms with van der Waals surface area (Å²) in [4.78, 5) is 0. The van der Waals surface area contributed by atoms with Crippen LogP contribution in [0.4, 0.5) is 0 Å². The maximum Gasteiger partial charge on any atom is 0.124 e. The fraction of sp³-hybridized carbons (Fsp3) is 0.625. The van der Waals surface area contributed by atoms with Crippen molar-refractivity contribution in [1.82, 2.24) is 0 Å². The van der Waals surface area contributed by atoms with Gasteiger partial charge in [0.15, 0.2) is 0 Å². The monoisotopic (exact) mass is 264 g/mol. The number of methoxy groups -OCH3 is 2. The number of aliphatic hydroxyl groups is 1. The molecular weight excluding hydrogens is 240 g/mol. The number of aliphatic hydroxyl groups excluding tert-OH is 1. The van der Waals surface area contributed by atoms with Gasteiger partial charge < -0.3 is 14.6 Å². The van der Waals surface area contributed by atoms with Crippen molar-refractivity contribution in [2.24, 2.45) is 11.8 Å². The van der Waals surface area contributed by atoms with Crippen molar-refractivity contribution < 1.29 is 14.6 Å². The number of hydrogen-bond donors (Lipinski definition) is 1. The highest BCUT2D eigenvalue weighted by Crippen LogP contribution is 2.40. The van der Waals surface area contributed by atoms with Crippen molar-refractivity contribution in [3.8, 4) is 11.5 Å². The van der Waals surface area contributed by atoms with Crippen LogP contribution >= 0.6 is 0 Å². The highest BCUT2D eigenvalue weighted by Gasteiger charge is 2.27. The molecule has 1 aromatic carbocycles. The molecule has 2 rings (SSSR count). The maximum atomic E-state index is 10.6. The third kappa shape index (κ3) is 3.21. The molecule has 0 amide bonds. The zero-order valence-electron chi connectivity index (χ0n) is 12.1. The zero-order valence-corrected chi connectivity index (χ0v) is 12.1. The van der Waals surface area contributed by atoms with E-state index < -0.39 is 6.10 Å². The van der Waals surface area contributed by atoms with Crippen LogP contribution in [0.25, 0.3) is 0 Å². The minimum absolute atomic E-state index is 0.331. The summed E-state index contributed by atoms with van der Waals surface area (Å²) in [5.41, 5.74) is 0.849. The van der Waals surface area contributed by atoms with Gasteiger partial charge >= 0.3 is 0 Å². The Balaban J connectivity index is 2.19. The molecule has 1 aliphatic carbocycles. The van der Waals surface area contributed by atoms with Gasteiger partial charge in [-0.05, 0) is 42.9 Å². The average molecular weight is 264 g/mol. The van der Waals surface area contributed by atoms with Crippen molar-refractivity contribution >= 4 is 0 Å². The van der Waals surface area contributed by atoms with Crippen LogP contribution < -0.4 is 9.47 Å². The van der Waals surface area contributed by atoms with E-state index in [1.165, 1.54) is 12.8 Å². The first-order chi connectivity index (χ1) is 9.15. The molecule has 0 aromatic heterocycles. The second kappa shape index (κ2) is 6.29. The SMILES string of the molecule is COc1ccc(OC)c(C(O)C2CCC(C)CC2)c1. The van der Waals surface area contributed by atoms with E-state index in [0.717, 1.165) is 35.8 Å². The molecule has 0 aliphatic heterocycles. The molecule has 0 spiro atoms. The fourth-order valence-corrected chi connectivity index (χ4v) is 2.93. The zero-order chi connectivity index (χ0) is 13.8. The van der Waals surface area contributed by atoms with Crippen LogP contribution in [0, 0.1) is 11.8 Å². The quantitative estimate of drug-likeness (QED) is 0.903. The second-order valence-corrected chi connectivity index (χ2v) is 5.57. The molecule has 1 atom stereocenters. The summed E-state index contributed by atoms with van der Waals surface area (Å²) >= 11 is 0. The van der Waals surface area contributed by atoms with Crippen molar-refractivity contribution in [1.29, 1.82) is 0 Å². The molecule has 1 aromatic rings. The Morgan fingerprint density at radius 1 is 1.11 bits per heavy atom. The summed E-state index contributed by atoms with van der Waals surface area (Å²) in [5, 5.41) is 10.6. The van der Waals surface area contributed by atoms with Crippen LogP contribution in [0.3, 0.4) is 0 Å². The minimum Gasteiger partial charge on any atom is -0.497 e. The molecule has 19 heavy (non-hydrogen) atoms. The van der Waals surface area contributed by atoms with Gasteiger partial charge in [-0.3, -0.25) is 0 Å². The van der Waals surface area contributed by atoms with Crippen molar-refractivity contribution in [2.75, 3.05) is 14.2 Å². The summed E-state index contributed by atoms with van der Waals surface area (Å²) in [6.07, 6.45) is 4.12. The molecule has 0 bridgehead atoms. The largest absolute Gasteiger partial charge is 0.497 e. The third-order valence-electron chi connectivity index (χ3n) is 4.26. The number of hydrogen-bond acceptors (Lipinski definition) is 3. The number of rotatable bonds is 4. The van der Waals surface area contributed by atoms with E-state index in [1.54, 1.807) is 14.2 Å². The predicted molar refractivity (Wildman–Crippen MR) is 75.6 cm³/mol. The molecule has 1 saturated carbocycles. The van der Waals surface area contributed by atoms with Crippen molar-refractivity contribution in [2.45, 2.75) is 38.7 Å². The Hall–Kier alpha value is -1.22. The van der Waals surface area contributed by atoms with Gasteiger partial charge in [0, 0.05) is 5.56 Å². The standard InChI is InChI=1S/C16H24O3/c1-11-4-6-12(7-5-11)16(17)14-10-13(18-2)8-9-15(14)19-3/h8-12,16-17H,4-7H2,1-3H3. The van der Waals surface area contributed by atoms with Crippen LogP contribution in [-0.2, 0) is 0 Å². The van der Waals surface area contributed by atoms with Crippen LogP contribution in [0.1, 0.15) is 44.3 Å². The topological polar surface area (TPSA) is 38.7 Å². The van der Waals surface area contributed by atoms with Gasteiger partial charge in [-0.2, -0.15) is 0 Å². The van der Waals surface area contributed by atoms with Crippen LogP contribution in [0.2, 0.25) is 0 Å². The van der Waals surface area contributed by atoms with E-state index in [2.05, 4.69) is 6.92 Å². The number of benzene rings is 1. The van der Waals surface area contributed by atoms with Crippen LogP contribution in [-0.4, -0.2) is 19.3 Å². The molecule has 106 valence electrons. The third-order valence-corrected chi connectivity index (χ3v) is 4.26. The molecule has 3 heteroatoms. The summed E-state index contributed by atoms with van der Waals surface area (Å²) in [6.45, 7) is 2.29. The molecule has 0 radical (unpaired) electrons. The Morgan fingerprint density at radius 3 is 2.37 bits per heavy atom. The Bertz CT molecular complexity index is 408.